The second-order valence-electron chi connectivity index (χ2n) is 6.04. The molecule has 26 heavy (non-hydrogen) atoms. The molecule has 0 aliphatic carbocycles. The van der Waals surface area contributed by atoms with E-state index in [1.807, 2.05) is 6.92 Å². The zero-order valence-electron chi connectivity index (χ0n) is 14.4. The summed E-state index contributed by atoms with van der Waals surface area (Å²) in [5, 5.41) is 8.55. The van der Waals surface area contributed by atoms with Crippen LogP contribution >= 0.6 is 0 Å². The van der Waals surface area contributed by atoms with Crippen LogP contribution in [0.15, 0.2) is 42.6 Å². The largest absolute Gasteiger partial charge is 0.383 e. The predicted molar refractivity (Wildman–Crippen MR) is 98.0 cm³/mol. The van der Waals surface area contributed by atoms with Crippen LogP contribution in [-0.4, -0.2) is 25.7 Å². The number of amides is 1. The lowest BCUT2D eigenvalue weighted by Gasteiger charge is -2.15. The Kier molecular flexibility index (Phi) is 5.18. The average molecular weight is 359 g/mol. The van der Waals surface area contributed by atoms with Crippen LogP contribution < -0.4 is 16.0 Å². The Morgan fingerprint density at radius 3 is 2.77 bits per heavy atom. The molecule has 0 saturated carbocycles. The van der Waals surface area contributed by atoms with Crippen molar-refractivity contribution in [2.75, 3.05) is 29.7 Å². The minimum absolute atomic E-state index is 0.0380. The molecule has 7 heteroatoms. The van der Waals surface area contributed by atoms with Crippen LogP contribution in [0.25, 0.3) is 5.57 Å². The smallest absolute Gasteiger partial charge is 0.257 e. The molecule has 1 aliphatic heterocycles. The highest BCUT2D eigenvalue weighted by atomic mass is 19.1. The Morgan fingerprint density at radius 2 is 2.04 bits per heavy atom. The molecule has 3 N–H and O–H groups in total. The molecule has 0 fully saturated rings. The molecule has 0 saturated heterocycles. The van der Waals surface area contributed by atoms with E-state index in [9.17, 15) is 13.6 Å². The van der Waals surface area contributed by atoms with Crippen LogP contribution in [0.1, 0.15) is 12.5 Å². The van der Waals surface area contributed by atoms with E-state index in [4.69, 9.17) is 4.74 Å². The normalized spacial score (nSPS) is 15.5. The third kappa shape index (κ3) is 3.83. The minimum Gasteiger partial charge on any atom is -0.383 e. The number of ether oxygens (including phenoxy) is 1. The van der Waals surface area contributed by atoms with Gasteiger partial charge in [-0.2, -0.15) is 0 Å². The van der Waals surface area contributed by atoms with Crippen molar-refractivity contribution in [3.8, 4) is 0 Å². The highest BCUT2D eigenvalue weighted by Crippen LogP contribution is 2.32. The summed E-state index contributed by atoms with van der Waals surface area (Å²) in [6.45, 7) is 2.34. The van der Waals surface area contributed by atoms with Crippen molar-refractivity contribution in [2.24, 2.45) is 0 Å². The Labute approximate surface area is 150 Å². The highest BCUT2D eigenvalue weighted by molar-refractivity contribution is 6.31. The second kappa shape index (κ2) is 7.53. The zero-order valence-corrected chi connectivity index (χ0v) is 14.4. The molecule has 0 radical (unpaired) electrons. The molecule has 3 rings (SSSR count). The van der Waals surface area contributed by atoms with Gasteiger partial charge in [-0.1, -0.05) is 0 Å². The zero-order chi connectivity index (χ0) is 18.7. The maximum Gasteiger partial charge on any atom is 0.257 e. The quantitative estimate of drug-likeness (QED) is 0.686. The van der Waals surface area contributed by atoms with Gasteiger partial charge in [-0.05, 0) is 43.3 Å². The summed E-state index contributed by atoms with van der Waals surface area (Å²) in [4.78, 5) is 12.0. The van der Waals surface area contributed by atoms with E-state index in [2.05, 4.69) is 16.0 Å². The first-order chi connectivity index (χ1) is 12.5. The molecule has 0 spiro atoms. The van der Waals surface area contributed by atoms with E-state index < -0.39 is 11.6 Å². The summed E-state index contributed by atoms with van der Waals surface area (Å²) < 4.78 is 32.7. The van der Waals surface area contributed by atoms with Crippen LogP contribution in [0.3, 0.4) is 0 Å². The molecule has 2 aromatic rings. The van der Waals surface area contributed by atoms with Gasteiger partial charge in [0.15, 0.2) is 0 Å². The number of rotatable bonds is 6. The van der Waals surface area contributed by atoms with Crippen molar-refractivity contribution in [3.63, 3.8) is 0 Å². The number of hydrogen-bond acceptors (Lipinski definition) is 4. The van der Waals surface area contributed by atoms with Crippen molar-refractivity contribution in [2.45, 2.75) is 13.0 Å². The van der Waals surface area contributed by atoms with Crippen LogP contribution in [0, 0.1) is 11.6 Å². The molecular formula is C19H19F2N3O2. The number of halogens is 2. The van der Waals surface area contributed by atoms with E-state index in [-0.39, 0.29) is 17.5 Å². The van der Waals surface area contributed by atoms with Crippen LogP contribution in [0.4, 0.5) is 25.8 Å². The number of hydrogen-bond donors (Lipinski definition) is 3. The molecule has 1 heterocycles. The fourth-order valence-corrected chi connectivity index (χ4v) is 2.74. The van der Waals surface area contributed by atoms with Gasteiger partial charge in [0.2, 0.25) is 0 Å². The second-order valence-corrected chi connectivity index (χ2v) is 6.04. The third-order valence-corrected chi connectivity index (χ3v) is 3.94. The van der Waals surface area contributed by atoms with Crippen molar-refractivity contribution in [1.29, 1.82) is 0 Å². The number of anilines is 3. The molecule has 1 aliphatic rings. The lowest BCUT2D eigenvalue weighted by atomic mass is 10.1. The molecule has 2 aromatic carbocycles. The van der Waals surface area contributed by atoms with Crippen molar-refractivity contribution < 1.29 is 18.3 Å². The molecular weight excluding hydrogens is 340 g/mol. The molecule has 136 valence electrons. The number of methoxy groups -OCH3 is 1. The van der Waals surface area contributed by atoms with Gasteiger partial charge in [0, 0.05) is 36.3 Å². The average Bonchev–Trinajstić information content (AvgIpc) is 2.90. The summed E-state index contributed by atoms with van der Waals surface area (Å²) in [7, 11) is 1.58. The van der Waals surface area contributed by atoms with Gasteiger partial charge in [0.25, 0.3) is 5.91 Å². The van der Waals surface area contributed by atoms with E-state index in [1.54, 1.807) is 19.2 Å². The summed E-state index contributed by atoms with van der Waals surface area (Å²) in [6.07, 6.45) is 1.44. The SMILES string of the molecule is COCC(C)Nc1ccc(N/C=C2/C(=O)Nc3ccc(F)cc32)cc1F. The van der Waals surface area contributed by atoms with E-state index in [1.165, 1.54) is 30.5 Å². The Bertz CT molecular complexity index is 868. The molecule has 1 amide bonds. The van der Waals surface area contributed by atoms with Gasteiger partial charge in [0.05, 0.1) is 17.9 Å². The van der Waals surface area contributed by atoms with Gasteiger partial charge in [0.1, 0.15) is 11.6 Å². The highest BCUT2D eigenvalue weighted by Gasteiger charge is 2.24. The predicted octanol–water partition coefficient (Wildman–Crippen LogP) is 3.82. The summed E-state index contributed by atoms with van der Waals surface area (Å²) in [5.74, 6) is -1.21. The van der Waals surface area contributed by atoms with Crippen LogP contribution in [0.5, 0.6) is 0 Å². The fourth-order valence-electron chi connectivity index (χ4n) is 2.74. The van der Waals surface area contributed by atoms with Crippen LogP contribution in [0.2, 0.25) is 0 Å². The van der Waals surface area contributed by atoms with Crippen LogP contribution in [-0.2, 0) is 9.53 Å². The third-order valence-electron chi connectivity index (χ3n) is 3.94. The lowest BCUT2D eigenvalue weighted by Crippen LogP contribution is -2.21. The summed E-state index contributed by atoms with van der Waals surface area (Å²) >= 11 is 0. The number of fused-ring (bicyclic) bond motifs is 1. The maximum absolute atomic E-state index is 14.2. The monoisotopic (exact) mass is 359 g/mol. The van der Waals surface area contributed by atoms with Gasteiger partial charge in [-0.15, -0.1) is 0 Å². The van der Waals surface area contributed by atoms with Gasteiger partial charge in [-0.25, -0.2) is 8.78 Å². The van der Waals surface area contributed by atoms with Crippen molar-refractivity contribution in [3.05, 3.63) is 59.8 Å². The standard InChI is InChI=1S/C19H19F2N3O2/c1-11(10-26-2)23-18-6-4-13(8-16(18)21)22-9-15-14-7-12(20)3-5-17(14)24-19(15)25/h3-9,11,22-23H,10H2,1-2H3,(H,24,25)/b15-9+. The number of nitrogens with one attached hydrogen (secondary N) is 3. The Balaban J connectivity index is 1.76. The summed E-state index contributed by atoms with van der Waals surface area (Å²) in [5.41, 5.74) is 2.13. The fraction of sp³-hybridized carbons (Fsp3) is 0.211. The Morgan fingerprint density at radius 1 is 1.23 bits per heavy atom. The molecule has 1 unspecified atom stereocenters. The molecule has 0 bridgehead atoms. The molecule has 5 nitrogen and oxygen atoms in total. The van der Waals surface area contributed by atoms with Gasteiger partial charge in [-0.3, -0.25) is 4.79 Å². The molecule has 0 aromatic heterocycles. The first-order valence-corrected chi connectivity index (χ1v) is 8.11. The van der Waals surface area contributed by atoms with E-state index in [0.29, 0.717) is 29.2 Å². The van der Waals surface area contributed by atoms with Crippen molar-refractivity contribution >= 4 is 28.5 Å². The topological polar surface area (TPSA) is 62.4 Å². The van der Waals surface area contributed by atoms with Crippen molar-refractivity contribution in [1.82, 2.24) is 0 Å². The van der Waals surface area contributed by atoms with E-state index in [0.717, 1.165) is 0 Å². The number of carbonyl (C=O) groups excluding carboxylic acids is 1. The maximum atomic E-state index is 14.2. The lowest BCUT2D eigenvalue weighted by molar-refractivity contribution is -0.110. The summed E-state index contributed by atoms with van der Waals surface area (Å²) in [6, 6.07) is 8.63. The first-order valence-electron chi connectivity index (χ1n) is 8.11. The number of carbonyl (C=O) groups is 1. The van der Waals surface area contributed by atoms with Gasteiger partial charge >= 0.3 is 0 Å². The first kappa shape index (κ1) is 17.9. The van der Waals surface area contributed by atoms with Gasteiger partial charge < -0.3 is 20.7 Å². The van der Waals surface area contributed by atoms with E-state index >= 15 is 0 Å². The number of benzene rings is 2. The minimum atomic E-state index is -0.433. The Hall–Kier alpha value is -2.93. The molecule has 1 atom stereocenters.